The van der Waals surface area contributed by atoms with E-state index < -0.39 is 18.0 Å². The number of aliphatic hydroxyl groups excluding tert-OH is 1. The molecule has 2 amide bonds. The molecule has 2 aromatic rings. The third kappa shape index (κ3) is 5.16. The molecule has 33 heavy (non-hydrogen) atoms. The summed E-state index contributed by atoms with van der Waals surface area (Å²) in [6.07, 6.45) is -0.147. The predicted octanol–water partition coefficient (Wildman–Crippen LogP) is 2.04. The van der Waals surface area contributed by atoms with E-state index in [0.29, 0.717) is 40.3 Å². The van der Waals surface area contributed by atoms with Crippen molar-refractivity contribution < 1.29 is 24.2 Å². The van der Waals surface area contributed by atoms with E-state index in [0.717, 1.165) is 19.6 Å². The molecule has 1 aliphatic heterocycles. The minimum atomic E-state index is -1.73. The Morgan fingerprint density at radius 2 is 1.97 bits per heavy atom. The lowest BCUT2D eigenvalue weighted by Gasteiger charge is -2.18. The average molecular weight is 459 g/mol. The van der Waals surface area contributed by atoms with Crippen LogP contribution in [-0.2, 0) is 4.79 Å². The molecule has 2 heterocycles. The van der Waals surface area contributed by atoms with Crippen molar-refractivity contribution in [3.8, 4) is 0 Å². The van der Waals surface area contributed by atoms with Crippen LogP contribution in [0.1, 0.15) is 46.7 Å². The van der Waals surface area contributed by atoms with Crippen molar-refractivity contribution in [3.63, 3.8) is 0 Å². The Kier molecular flexibility index (Phi) is 7.68. The minimum absolute atomic E-state index is 0.202. The summed E-state index contributed by atoms with van der Waals surface area (Å²) in [7, 11) is 0. The van der Waals surface area contributed by atoms with E-state index in [-0.39, 0.29) is 18.0 Å². The molecule has 0 unspecified atom stereocenters. The first-order valence-electron chi connectivity index (χ1n) is 11.1. The lowest BCUT2D eigenvalue weighted by atomic mass is 10.0. The Bertz CT molecular complexity index is 1070. The van der Waals surface area contributed by atoms with Crippen molar-refractivity contribution in [2.75, 3.05) is 37.6 Å². The monoisotopic (exact) mass is 458 g/mol. The van der Waals surface area contributed by atoms with Gasteiger partial charge in [0.15, 0.2) is 6.29 Å². The molecule has 0 saturated heterocycles. The van der Waals surface area contributed by atoms with Gasteiger partial charge < -0.3 is 30.3 Å². The summed E-state index contributed by atoms with van der Waals surface area (Å²) >= 11 is 0. The van der Waals surface area contributed by atoms with E-state index in [1.807, 2.05) is 0 Å². The van der Waals surface area contributed by atoms with Gasteiger partial charge in [0.25, 0.3) is 11.8 Å². The van der Waals surface area contributed by atoms with Gasteiger partial charge in [-0.2, -0.15) is 0 Å². The first kappa shape index (κ1) is 24.6. The number of nitrogens with one attached hydrogen (secondary N) is 2. The first-order valence-corrected chi connectivity index (χ1v) is 11.1. The number of H-pyrrole nitrogens is 1. The fraction of sp³-hybridized carbons (Fsp3) is 0.417. The molecule has 0 fully saturated rings. The number of likely N-dealkylation sites (N-methyl/N-ethyl adjacent to an activating group) is 1. The van der Waals surface area contributed by atoms with Crippen LogP contribution in [0.2, 0.25) is 0 Å². The largest absolute Gasteiger partial charge is 0.367 e. The van der Waals surface area contributed by atoms with Crippen LogP contribution >= 0.6 is 0 Å². The van der Waals surface area contributed by atoms with Crippen LogP contribution in [0.3, 0.4) is 0 Å². The van der Waals surface area contributed by atoms with Gasteiger partial charge in [-0.05, 0) is 56.8 Å². The highest BCUT2D eigenvalue weighted by atomic mass is 19.1. The number of aromatic nitrogens is 1. The standard InChI is InChI=1S/C24H31FN4O4/c1-5-28(6-2)10-9-26-23(32)22-14(3)19(27-15(22)4)12-18-17-11-16(25)7-8-20(17)29(24(18)33)13-21(30)31/h7-8,11-12,21,27,30-31H,5-6,9-10,13H2,1-4H3,(H,26,32)/b18-12-. The Labute approximate surface area is 192 Å². The maximum Gasteiger partial charge on any atom is 0.259 e. The third-order valence-corrected chi connectivity index (χ3v) is 5.96. The molecule has 0 bridgehead atoms. The van der Waals surface area contributed by atoms with Gasteiger partial charge in [0.05, 0.1) is 23.4 Å². The molecule has 9 heteroatoms. The molecule has 0 atom stereocenters. The molecular formula is C24H31FN4O4. The third-order valence-electron chi connectivity index (χ3n) is 5.96. The number of hydrogen-bond acceptors (Lipinski definition) is 5. The number of aliphatic hydroxyl groups is 2. The van der Waals surface area contributed by atoms with Gasteiger partial charge in [-0.3, -0.25) is 9.59 Å². The highest BCUT2D eigenvalue weighted by Crippen LogP contribution is 2.38. The summed E-state index contributed by atoms with van der Waals surface area (Å²) in [6, 6.07) is 3.90. The average Bonchev–Trinajstić information content (AvgIpc) is 3.18. The quantitative estimate of drug-likeness (QED) is 0.340. The number of β-amino-alcohol motifs (C(OH)–C–C–N with tert-alkyl or cyclic N) is 2. The maximum absolute atomic E-state index is 14.0. The molecule has 3 rings (SSSR count). The fourth-order valence-corrected chi connectivity index (χ4v) is 4.17. The lowest BCUT2D eigenvalue weighted by Crippen LogP contribution is -2.35. The van der Waals surface area contributed by atoms with E-state index in [9.17, 15) is 24.2 Å². The van der Waals surface area contributed by atoms with Gasteiger partial charge in [-0.25, -0.2) is 4.39 Å². The number of rotatable bonds is 9. The number of carbonyl (C=O) groups is 2. The molecule has 8 nitrogen and oxygen atoms in total. The number of hydrogen-bond donors (Lipinski definition) is 4. The number of amides is 2. The van der Waals surface area contributed by atoms with Gasteiger partial charge >= 0.3 is 0 Å². The summed E-state index contributed by atoms with van der Waals surface area (Å²) in [5.74, 6) is -1.18. The van der Waals surface area contributed by atoms with E-state index >= 15 is 0 Å². The molecule has 0 spiro atoms. The Morgan fingerprint density at radius 3 is 2.61 bits per heavy atom. The zero-order chi connectivity index (χ0) is 24.3. The molecule has 1 aromatic heterocycles. The Balaban J connectivity index is 1.90. The maximum atomic E-state index is 14.0. The van der Waals surface area contributed by atoms with Crippen molar-refractivity contribution >= 4 is 29.2 Å². The van der Waals surface area contributed by atoms with Gasteiger partial charge in [-0.15, -0.1) is 0 Å². The highest BCUT2D eigenvalue weighted by molar-refractivity contribution is 6.35. The smallest absolute Gasteiger partial charge is 0.259 e. The second-order valence-electron chi connectivity index (χ2n) is 8.06. The number of halogens is 1. The SMILES string of the molecule is CCN(CC)CCNC(=O)c1c(C)[nH]c(/C=C2\C(=O)N(CC(O)O)c3ccc(F)cc32)c1C. The number of nitrogens with zero attached hydrogens (tertiary/aromatic N) is 2. The van der Waals surface area contributed by atoms with Crippen molar-refractivity contribution in [1.82, 2.24) is 15.2 Å². The molecule has 178 valence electrons. The summed E-state index contributed by atoms with van der Waals surface area (Å²) in [4.78, 5) is 32.4. The number of aromatic amines is 1. The van der Waals surface area contributed by atoms with Gasteiger partial charge in [0.1, 0.15) is 5.82 Å². The predicted molar refractivity (Wildman–Crippen MR) is 125 cm³/mol. The van der Waals surface area contributed by atoms with Crippen molar-refractivity contribution in [1.29, 1.82) is 0 Å². The van der Waals surface area contributed by atoms with Crippen molar-refractivity contribution in [2.24, 2.45) is 0 Å². The topological polar surface area (TPSA) is 109 Å². The second-order valence-corrected chi connectivity index (χ2v) is 8.06. The van der Waals surface area contributed by atoms with Crippen molar-refractivity contribution in [3.05, 3.63) is 52.1 Å². The first-order chi connectivity index (χ1) is 15.7. The van der Waals surface area contributed by atoms with Crippen LogP contribution < -0.4 is 10.2 Å². The molecule has 1 aliphatic rings. The van der Waals surface area contributed by atoms with Crippen LogP contribution in [0.25, 0.3) is 11.6 Å². The Morgan fingerprint density at radius 1 is 1.27 bits per heavy atom. The number of aryl methyl sites for hydroxylation is 1. The van der Waals surface area contributed by atoms with E-state index in [1.165, 1.54) is 23.1 Å². The summed E-state index contributed by atoms with van der Waals surface area (Å²) < 4.78 is 14.0. The second kappa shape index (κ2) is 10.3. The summed E-state index contributed by atoms with van der Waals surface area (Å²) in [6.45, 7) is 10.5. The van der Waals surface area contributed by atoms with Crippen LogP contribution in [0.5, 0.6) is 0 Å². The minimum Gasteiger partial charge on any atom is -0.367 e. The molecular weight excluding hydrogens is 427 g/mol. The molecule has 1 aromatic carbocycles. The number of benzene rings is 1. The van der Waals surface area contributed by atoms with Gasteiger partial charge in [0, 0.05) is 30.0 Å². The number of anilines is 1. The van der Waals surface area contributed by atoms with E-state index in [4.69, 9.17) is 0 Å². The Hall–Kier alpha value is -3.01. The highest BCUT2D eigenvalue weighted by Gasteiger charge is 2.34. The van der Waals surface area contributed by atoms with Crippen LogP contribution in [-0.4, -0.2) is 70.9 Å². The van der Waals surface area contributed by atoms with E-state index in [2.05, 4.69) is 29.0 Å². The van der Waals surface area contributed by atoms with Crippen LogP contribution in [0, 0.1) is 19.7 Å². The lowest BCUT2D eigenvalue weighted by molar-refractivity contribution is -0.114. The molecule has 0 saturated carbocycles. The molecule has 0 aliphatic carbocycles. The van der Waals surface area contributed by atoms with Gasteiger partial charge in [0.2, 0.25) is 0 Å². The normalized spacial score (nSPS) is 14.6. The number of fused-ring (bicyclic) bond motifs is 1. The number of carbonyl (C=O) groups excluding carboxylic acids is 2. The van der Waals surface area contributed by atoms with Crippen LogP contribution in [0.4, 0.5) is 10.1 Å². The zero-order valence-electron chi connectivity index (χ0n) is 19.4. The molecule has 4 N–H and O–H groups in total. The van der Waals surface area contributed by atoms with E-state index in [1.54, 1.807) is 19.9 Å². The molecule has 0 radical (unpaired) electrons. The summed E-state index contributed by atoms with van der Waals surface area (Å²) in [5, 5.41) is 21.7. The van der Waals surface area contributed by atoms with Crippen molar-refractivity contribution in [2.45, 2.75) is 34.0 Å². The fourth-order valence-electron chi connectivity index (χ4n) is 4.17. The van der Waals surface area contributed by atoms with Crippen LogP contribution in [0.15, 0.2) is 18.2 Å². The zero-order valence-corrected chi connectivity index (χ0v) is 19.4. The summed E-state index contributed by atoms with van der Waals surface area (Å²) in [5.41, 5.74) is 3.37. The van der Waals surface area contributed by atoms with Gasteiger partial charge in [-0.1, -0.05) is 13.8 Å².